The summed E-state index contributed by atoms with van der Waals surface area (Å²) in [5, 5.41) is 3.14. The molecule has 1 amide bonds. The predicted molar refractivity (Wildman–Crippen MR) is 110 cm³/mol. The zero-order valence-electron chi connectivity index (χ0n) is 16.4. The second kappa shape index (κ2) is 9.67. The van der Waals surface area contributed by atoms with Gasteiger partial charge in [0.1, 0.15) is 0 Å². The molecule has 1 heterocycles. The van der Waals surface area contributed by atoms with E-state index >= 15 is 0 Å². The number of likely N-dealkylation sites (tertiary alicyclic amines) is 1. The van der Waals surface area contributed by atoms with Crippen LogP contribution in [0.1, 0.15) is 28.8 Å². The Balaban J connectivity index is 1.56. The highest BCUT2D eigenvalue weighted by atomic mass is 16.5. The highest BCUT2D eigenvalue weighted by molar-refractivity contribution is 5.95. The molecule has 0 aromatic heterocycles. The summed E-state index contributed by atoms with van der Waals surface area (Å²) in [5.41, 5.74) is 4.17. The summed E-state index contributed by atoms with van der Waals surface area (Å²) in [5.74, 6) is 0.526. The van der Waals surface area contributed by atoms with Gasteiger partial charge in [0, 0.05) is 32.3 Å². The van der Waals surface area contributed by atoms with Gasteiger partial charge in [0.25, 0.3) is 5.91 Å². The summed E-state index contributed by atoms with van der Waals surface area (Å²) < 4.78 is 5.18. The van der Waals surface area contributed by atoms with Crippen LogP contribution >= 0.6 is 0 Å². The Morgan fingerprint density at radius 1 is 1.19 bits per heavy atom. The smallest absolute Gasteiger partial charge is 0.251 e. The Hall–Kier alpha value is -2.17. The van der Waals surface area contributed by atoms with E-state index in [1.807, 2.05) is 18.2 Å². The van der Waals surface area contributed by atoms with Crippen molar-refractivity contribution in [2.24, 2.45) is 5.92 Å². The summed E-state index contributed by atoms with van der Waals surface area (Å²) >= 11 is 0. The van der Waals surface area contributed by atoms with Crippen LogP contribution in [0.3, 0.4) is 0 Å². The largest absolute Gasteiger partial charge is 0.383 e. The van der Waals surface area contributed by atoms with Crippen molar-refractivity contribution in [2.75, 3.05) is 39.9 Å². The number of ether oxygens (including phenoxy) is 1. The lowest BCUT2D eigenvalue weighted by atomic mass is 9.97. The molecule has 0 radical (unpaired) electrons. The molecule has 1 atom stereocenters. The third-order valence-corrected chi connectivity index (χ3v) is 5.28. The number of aryl methyl sites for hydroxylation is 1. The molecule has 1 saturated heterocycles. The van der Waals surface area contributed by atoms with E-state index in [-0.39, 0.29) is 5.91 Å². The van der Waals surface area contributed by atoms with Crippen LogP contribution in [0.25, 0.3) is 11.1 Å². The minimum absolute atomic E-state index is 0.0120. The molecule has 27 heavy (non-hydrogen) atoms. The van der Waals surface area contributed by atoms with Crippen LogP contribution in [-0.4, -0.2) is 50.7 Å². The van der Waals surface area contributed by atoms with Gasteiger partial charge in [0.15, 0.2) is 0 Å². The summed E-state index contributed by atoms with van der Waals surface area (Å²) in [7, 11) is 1.74. The molecular formula is C23H30N2O2. The number of nitrogens with zero attached hydrogens (tertiary/aromatic N) is 1. The van der Waals surface area contributed by atoms with E-state index in [1.54, 1.807) is 7.11 Å². The molecule has 4 nitrogen and oxygen atoms in total. The third-order valence-electron chi connectivity index (χ3n) is 5.28. The number of rotatable bonds is 7. The molecule has 1 aliphatic rings. The van der Waals surface area contributed by atoms with E-state index in [1.165, 1.54) is 18.4 Å². The molecule has 4 heteroatoms. The number of nitrogens with one attached hydrogen (secondary N) is 1. The van der Waals surface area contributed by atoms with E-state index in [2.05, 4.69) is 47.5 Å². The van der Waals surface area contributed by atoms with Crippen LogP contribution in [0.4, 0.5) is 0 Å². The minimum Gasteiger partial charge on any atom is -0.383 e. The normalized spacial score (nSPS) is 17.6. The Bertz CT molecular complexity index is 742. The zero-order chi connectivity index (χ0) is 19.1. The molecular weight excluding hydrogens is 336 g/mol. The van der Waals surface area contributed by atoms with Crippen molar-refractivity contribution in [3.63, 3.8) is 0 Å². The molecule has 0 spiro atoms. The maximum atomic E-state index is 12.6. The fourth-order valence-electron chi connectivity index (χ4n) is 3.67. The van der Waals surface area contributed by atoms with Crippen molar-refractivity contribution in [1.29, 1.82) is 0 Å². The first-order chi connectivity index (χ1) is 13.2. The summed E-state index contributed by atoms with van der Waals surface area (Å²) in [6.45, 7) is 6.72. The van der Waals surface area contributed by atoms with E-state index in [9.17, 15) is 4.79 Å². The van der Waals surface area contributed by atoms with Gasteiger partial charge in [0.2, 0.25) is 0 Å². The van der Waals surface area contributed by atoms with Crippen LogP contribution in [-0.2, 0) is 4.74 Å². The lowest BCUT2D eigenvalue weighted by molar-refractivity contribution is 0.0913. The number of hydrogen-bond donors (Lipinski definition) is 1. The number of piperidine rings is 1. The first-order valence-electron chi connectivity index (χ1n) is 9.82. The van der Waals surface area contributed by atoms with Gasteiger partial charge < -0.3 is 15.0 Å². The molecule has 0 saturated carbocycles. The molecule has 0 bridgehead atoms. The SMILES string of the molecule is COCCN1CCC[C@H](CNC(=O)c2cccc(-c3ccc(C)cc3)c2)C1. The number of benzene rings is 2. The van der Waals surface area contributed by atoms with Crippen LogP contribution < -0.4 is 5.32 Å². The first-order valence-corrected chi connectivity index (χ1v) is 9.82. The average Bonchev–Trinajstić information content (AvgIpc) is 2.71. The van der Waals surface area contributed by atoms with Gasteiger partial charge in [-0.3, -0.25) is 4.79 Å². The van der Waals surface area contributed by atoms with Crippen molar-refractivity contribution >= 4 is 5.91 Å². The van der Waals surface area contributed by atoms with Gasteiger partial charge in [0.05, 0.1) is 6.61 Å². The van der Waals surface area contributed by atoms with Gasteiger partial charge in [-0.05, 0) is 55.5 Å². The van der Waals surface area contributed by atoms with E-state index in [0.717, 1.165) is 49.5 Å². The van der Waals surface area contributed by atoms with Gasteiger partial charge >= 0.3 is 0 Å². The van der Waals surface area contributed by atoms with Crippen LogP contribution in [0.2, 0.25) is 0 Å². The van der Waals surface area contributed by atoms with Crippen molar-refractivity contribution in [3.05, 3.63) is 59.7 Å². The van der Waals surface area contributed by atoms with E-state index < -0.39 is 0 Å². The van der Waals surface area contributed by atoms with Crippen molar-refractivity contribution in [1.82, 2.24) is 10.2 Å². The Kier molecular flexibility index (Phi) is 7.02. The number of carbonyl (C=O) groups is 1. The van der Waals surface area contributed by atoms with Crippen LogP contribution in [0.5, 0.6) is 0 Å². The molecule has 1 fully saturated rings. The lowest BCUT2D eigenvalue weighted by Crippen LogP contribution is -2.42. The molecule has 144 valence electrons. The van der Waals surface area contributed by atoms with Crippen molar-refractivity contribution < 1.29 is 9.53 Å². The fourth-order valence-corrected chi connectivity index (χ4v) is 3.67. The molecule has 2 aromatic carbocycles. The first kappa shape index (κ1) is 19.6. The highest BCUT2D eigenvalue weighted by Gasteiger charge is 2.20. The van der Waals surface area contributed by atoms with Crippen LogP contribution in [0, 0.1) is 12.8 Å². The third kappa shape index (κ3) is 5.65. The number of amides is 1. The maximum absolute atomic E-state index is 12.6. The quantitative estimate of drug-likeness (QED) is 0.811. The highest BCUT2D eigenvalue weighted by Crippen LogP contribution is 2.21. The second-order valence-corrected chi connectivity index (χ2v) is 7.46. The minimum atomic E-state index is 0.0120. The van der Waals surface area contributed by atoms with Gasteiger partial charge in [-0.25, -0.2) is 0 Å². The Morgan fingerprint density at radius 2 is 2.00 bits per heavy atom. The predicted octanol–water partition coefficient (Wildman–Crippen LogP) is 3.75. The molecule has 2 aromatic rings. The standard InChI is InChI=1S/C23H30N2O2/c1-18-8-10-20(11-9-18)21-6-3-7-22(15-21)23(26)24-16-19-5-4-12-25(17-19)13-14-27-2/h3,6-11,15,19H,4-5,12-14,16-17H2,1-2H3,(H,24,26)/t19-/m1/s1. The Morgan fingerprint density at radius 3 is 2.78 bits per heavy atom. The molecule has 0 aliphatic carbocycles. The maximum Gasteiger partial charge on any atom is 0.251 e. The topological polar surface area (TPSA) is 41.6 Å². The molecule has 1 N–H and O–H groups in total. The lowest BCUT2D eigenvalue weighted by Gasteiger charge is -2.32. The van der Waals surface area contributed by atoms with Gasteiger partial charge in [-0.1, -0.05) is 42.0 Å². The van der Waals surface area contributed by atoms with Crippen molar-refractivity contribution in [3.8, 4) is 11.1 Å². The zero-order valence-corrected chi connectivity index (χ0v) is 16.4. The summed E-state index contributed by atoms with van der Waals surface area (Å²) in [6.07, 6.45) is 2.36. The Labute approximate surface area is 162 Å². The number of hydrogen-bond acceptors (Lipinski definition) is 3. The summed E-state index contributed by atoms with van der Waals surface area (Å²) in [4.78, 5) is 15.1. The molecule has 3 rings (SSSR count). The fraction of sp³-hybridized carbons (Fsp3) is 0.435. The molecule has 1 aliphatic heterocycles. The van der Waals surface area contributed by atoms with Gasteiger partial charge in [-0.15, -0.1) is 0 Å². The summed E-state index contributed by atoms with van der Waals surface area (Å²) in [6, 6.07) is 16.3. The molecule has 0 unspecified atom stereocenters. The van der Waals surface area contributed by atoms with Gasteiger partial charge in [-0.2, -0.15) is 0 Å². The monoisotopic (exact) mass is 366 g/mol. The number of methoxy groups -OCH3 is 1. The van der Waals surface area contributed by atoms with Crippen LogP contribution in [0.15, 0.2) is 48.5 Å². The van der Waals surface area contributed by atoms with E-state index in [4.69, 9.17) is 4.74 Å². The van der Waals surface area contributed by atoms with E-state index in [0.29, 0.717) is 5.92 Å². The second-order valence-electron chi connectivity index (χ2n) is 7.46. The number of carbonyl (C=O) groups excluding carboxylic acids is 1. The average molecular weight is 367 g/mol. The van der Waals surface area contributed by atoms with Crippen molar-refractivity contribution in [2.45, 2.75) is 19.8 Å².